The lowest BCUT2D eigenvalue weighted by atomic mass is 9.95. The van der Waals surface area contributed by atoms with Gasteiger partial charge in [0.05, 0.1) is 28.5 Å². The van der Waals surface area contributed by atoms with E-state index in [0.717, 1.165) is 58.0 Å². The van der Waals surface area contributed by atoms with E-state index in [0.29, 0.717) is 0 Å². The second kappa shape index (κ2) is 10.1. The van der Waals surface area contributed by atoms with Crippen LogP contribution in [0.15, 0.2) is 91.6 Å². The van der Waals surface area contributed by atoms with E-state index in [1.807, 2.05) is 73.0 Å². The zero-order valence-electron chi connectivity index (χ0n) is 22.4. The lowest BCUT2D eigenvalue weighted by Crippen LogP contribution is -2.31. The molecule has 8 heteroatoms. The number of fused-ring (bicyclic) bond motifs is 3. The highest BCUT2D eigenvalue weighted by Gasteiger charge is 2.27. The highest BCUT2D eigenvalue weighted by molar-refractivity contribution is 5.93. The predicted molar refractivity (Wildman–Crippen MR) is 152 cm³/mol. The van der Waals surface area contributed by atoms with Crippen molar-refractivity contribution in [2.24, 2.45) is 12.5 Å². The summed E-state index contributed by atoms with van der Waals surface area (Å²) in [5, 5.41) is 19.0. The van der Waals surface area contributed by atoms with Crippen molar-refractivity contribution in [3.63, 3.8) is 0 Å². The first-order chi connectivity index (χ1) is 18.9. The first-order valence-corrected chi connectivity index (χ1v) is 13.1. The molecule has 0 saturated heterocycles. The number of hydrogen-bond acceptors (Lipinski definition) is 5. The molecule has 0 bridgehead atoms. The van der Waals surface area contributed by atoms with Crippen LogP contribution >= 0.6 is 0 Å². The second-order valence-corrected chi connectivity index (χ2v) is 10.8. The molecule has 0 unspecified atom stereocenters. The van der Waals surface area contributed by atoms with E-state index in [9.17, 15) is 5.11 Å². The van der Waals surface area contributed by atoms with E-state index in [-0.39, 0.29) is 12.0 Å². The molecule has 4 heterocycles. The third-order valence-electron chi connectivity index (χ3n) is 6.98. The number of rotatable bonds is 8. The maximum atomic E-state index is 9.52. The van der Waals surface area contributed by atoms with Crippen LogP contribution in [0, 0.1) is 5.41 Å². The normalized spacial score (nSPS) is 12.0. The van der Waals surface area contributed by atoms with Gasteiger partial charge in [0.15, 0.2) is 5.69 Å². The summed E-state index contributed by atoms with van der Waals surface area (Å²) in [5.41, 5.74) is 6.75. The van der Waals surface area contributed by atoms with Crippen molar-refractivity contribution in [2.75, 3.05) is 13.2 Å². The first kappa shape index (κ1) is 24.9. The number of aryl methyl sites for hydroxylation is 1. The number of nitrogens with one attached hydrogen (secondary N) is 1. The van der Waals surface area contributed by atoms with E-state index in [4.69, 9.17) is 10.1 Å². The number of pyridine rings is 2. The summed E-state index contributed by atoms with van der Waals surface area (Å²) in [7, 11) is 1.96. The molecule has 0 atom stereocenters. The SMILES string of the molecule is Cn1cnc(-c2nn(-c3ccc(CNCC(C)(C)CO)cc3)c3c4cc(-c5ccccc5)cnc4cc[n+]23)c1. The molecule has 196 valence electrons. The van der Waals surface area contributed by atoms with Crippen molar-refractivity contribution in [3.8, 4) is 28.3 Å². The summed E-state index contributed by atoms with van der Waals surface area (Å²) in [5.74, 6) is 0.759. The van der Waals surface area contributed by atoms with Gasteiger partial charge >= 0.3 is 5.82 Å². The Hall–Kier alpha value is -4.40. The highest BCUT2D eigenvalue weighted by Crippen LogP contribution is 2.27. The third-order valence-corrected chi connectivity index (χ3v) is 6.98. The summed E-state index contributed by atoms with van der Waals surface area (Å²) in [6.45, 7) is 5.71. The molecule has 0 amide bonds. The smallest absolute Gasteiger partial charge is 0.334 e. The Morgan fingerprint density at radius 1 is 0.974 bits per heavy atom. The molecular formula is C31H32N7O+. The van der Waals surface area contributed by atoms with Gasteiger partial charge < -0.3 is 15.0 Å². The number of hydrogen-bond donors (Lipinski definition) is 2. The van der Waals surface area contributed by atoms with Crippen LogP contribution in [0.2, 0.25) is 0 Å². The Kier molecular flexibility index (Phi) is 6.42. The molecule has 0 aliphatic carbocycles. The molecule has 0 radical (unpaired) electrons. The van der Waals surface area contributed by atoms with Crippen LogP contribution in [-0.2, 0) is 13.6 Å². The zero-order valence-corrected chi connectivity index (χ0v) is 22.4. The minimum atomic E-state index is -0.152. The number of imidazole rings is 1. The number of benzene rings is 2. The van der Waals surface area contributed by atoms with Crippen molar-refractivity contribution in [1.82, 2.24) is 29.6 Å². The lowest BCUT2D eigenvalue weighted by Gasteiger charge is -2.21. The monoisotopic (exact) mass is 518 g/mol. The van der Waals surface area contributed by atoms with Crippen molar-refractivity contribution >= 4 is 16.6 Å². The summed E-state index contributed by atoms with van der Waals surface area (Å²) in [4.78, 5) is 9.39. The van der Waals surface area contributed by atoms with Crippen LogP contribution < -0.4 is 9.72 Å². The molecule has 0 aliphatic heterocycles. The van der Waals surface area contributed by atoms with Gasteiger partial charge in [-0.3, -0.25) is 4.98 Å². The molecule has 2 N–H and O–H groups in total. The second-order valence-electron chi connectivity index (χ2n) is 10.8. The van der Waals surface area contributed by atoms with Gasteiger partial charge in [-0.2, -0.15) is 4.40 Å². The molecule has 0 fully saturated rings. The minimum absolute atomic E-state index is 0.149. The first-order valence-electron chi connectivity index (χ1n) is 13.1. The molecule has 4 aromatic heterocycles. The van der Waals surface area contributed by atoms with Crippen LogP contribution in [0.4, 0.5) is 0 Å². The van der Waals surface area contributed by atoms with Gasteiger partial charge in [0, 0.05) is 50.1 Å². The van der Waals surface area contributed by atoms with E-state index in [1.54, 1.807) is 6.33 Å². The van der Waals surface area contributed by atoms with Crippen molar-refractivity contribution in [2.45, 2.75) is 20.4 Å². The van der Waals surface area contributed by atoms with Gasteiger partial charge in [0.25, 0.3) is 5.65 Å². The van der Waals surface area contributed by atoms with E-state index in [1.165, 1.54) is 5.56 Å². The molecule has 6 aromatic rings. The van der Waals surface area contributed by atoms with Crippen LogP contribution in [0.25, 0.3) is 44.9 Å². The fraction of sp³-hybridized carbons (Fsp3) is 0.226. The average Bonchev–Trinajstić information content (AvgIpc) is 3.57. The van der Waals surface area contributed by atoms with Gasteiger partial charge in [-0.05, 0) is 35.4 Å². The molecule has 0 spiro atoms. The standard InChI is InChI=1S/C31H32N7O/c1-31(2,20-39)19-32-16-22-9-11-25(12-10-22)38-30-26-15-24(23-7-5-4-6-8-23)17-33-27(26)13-14-37(30)29(35-38)28-18-36(3)21-34-28/h4-15,17-18,21,32,39H,16,19-20H2,1-3H3/q+1. The molecule has 0 aliphatic rings. The Balaban J connectivity index is 1.47. The Morgan fingerprint density at radius 2 is 1.77 bits per heavy atom. The third kappa shape index (κ3) is 4.92. The van der Waals surface area contributed by atoms with Crippen LogP contribution in [0.3, 0.4) is 0 Å². The topological polar surface area (TPSA) is 84.9 Å². The number of aliphatic hydroxyl groups is 1. The van der Waals surface area contributed by atoms with E-state index in [2.05, 4.69) is 57.2 Å². The van der Waals surface area contributed by atoms with Gasteiger partial charge in [-0.15, -0.1) is 0 Å². The molecular weight excluding hydrogens is 486 g/mol. The number of nitrogens with zero attached hydrogens (tertiary/aromatic N) is 6. The predicted octanol–water partition coefficient (Wildman–Crippen LogP) is 4.33. The van der Waals surface area contributed by atoms with Crippen molar-refractivity contribution in [1.29, 1.82) is 0 Å². The van der Waals surface area contributed by atoms with Gasteiger partial charge in [0.2, 0.25) is 0 Å². The Morgan fingerprint density at radius 3 is 2.49 bits per heavy atom. The fourth-order valence-corrected chi connectivity index (χ4v) is 4.74. The molecule has 2 aromatic carbocycles. The van der Waals surface area contributed by atoms with Crippen molar-refractivity contribution in [3.05, 3.63) is 97.2 Å². The largest absolute Gasteiger partial charge is 0.396 e. The van der Waals surface area contributed by atoms with E-state index >= 15 is 0 Å². The summed E-state index contributed by atoms with van der Waals surface area (Å²) in [6.07, 6.45) is 7.71. The lowest BCUT2D eigenvalue weighted by molar-refractivity contribution is -0.498. The fourth-order valence-electron chi connectivity index (χ4n) is 4.74. The van der Waals surface area contributed by atoms with E-state index < -0.39 is 0 Å². The quantitative estimate of drug-likeness (QED) is 0.293. The maximum Gasteiger partial charge on any atom is 0.334 e. The minimum Gasteiger partial charge on any atom is -0.396 e. The van der Waals surface area contributed by atoms with Crippen LogP contribution in [0.5, 0.6) is 0 Å². The number of aromatic nitrogens is 6. The van der Waals surface area contributed by atoms with Gasteiger partial charge in [-0.25, -0.2) is 4.98 Å². The molecule has 6 rings (SSSR count). The van der Waals surface area contributed by atoms with Crippen LogP contribution in [-0.4, -0.2) is 42.6 Å². The Labute approximate surface area is 227 Å². The van der Waals surface area contributed by atoms with Gasteiger partial charge in [-0.1, -0.05) is 61.0 Å². The van der Waals surface area contributed by atoms with Gasteiger partial charge in [0.1, 0.15) is 5.69 Å². The summed E-state index contributed by atoms with van der Waals surface area (Å²) in [6, 6.07) is 22.9. The number of aliphatic hydroxyl groups excluding tert-OH is 1. The Bertz CT molecular complexity index is 1750. The highest BCUT2D eigenvalue weighted by atomic mass is 16.3. The van der Waals surface area contributed by atoms with Crippen molar-refractivity contribution < 1.29 is 9.51 Å². The molecule has 0 saturated carbocycles. The average molecular weight is 519 g/mol. The summed E-state index contributed by atoms with van der Waals surface area (Å²) >= 11 is 0. The molecule has 39 heavy (non-hydrogen) atoms. The zero-order chi connectivity index (χ0) is 27.0. The maximum absolute atomic E-state index is 9.52. The van der Waals surface area contributed by atoms with Crippen LogP contribution in [0.1, 0.15) is 19.4 Å². The molecule has 8 nitrogen and oxygen atoms in total. The summed E-state index contributed by atoms with van der Waals surface area (Å²) < 4.78 is 6.00.